The lowest BCUT2D eigenvalue weighted by Crippen LogP contribution is -2.32. The fraction of sp³-hybridized carbons (Fsp3) is 0.647. The van der Waals surface area contributed by atoms with Crippen molar-refractivity contribution in [3.8, 4) is 5.75 Å². The number of methoxy groups -OCH3 is 1. The second-order valence-electron chi connectivity index (χ2n) is 6.19. The molecule has 6 heteroatoms. The van der Waals surface area contributed by atoms with Crippen molar-refractivity contribution in [1.29, 1.82) is 0 Å². The molecule has 0 unspecified atom stereocenters. The first kappa shape index (κ1) is 18.2. The molecule has 1 aromatic carbocycles. The van der Waals surface area contributed by atoms with Crippen LogP contribution in [0.5, 0.6) is 5.75 Å². The van der Waals surface area contributed by atoms with Crippen molar-refractivity contribution >= 4 is 10.0 Å². The Morgan fingerprint density at radius 3 is 2.61 bits per heavy atom. The molecule has 0 amide bonds. The number of sulfonamides is 1. The molecule has 0 bridgehead atoms. The molecule has 1 heterocycles. The molecular weight excluding hydrogens is 312 g/mol. The number of likely N-dealkylation sites (tertiary alicyclic amines) is 1. The van der Waals surface area contributed by atoms with Crippen LogP contribution in [0.25, 0.3) is 0 Å². The van der Waals surface area contributed by atoms with Crippen LogP contribution in [0.2, 0.25) is 0 Å². The average molecular weight is 340 g/mol. The van der Waals surface area contributed by atoms with Crippen molar-refractivity contribution in [3.05, 3.63) is 29.8 Å². The summed E-state index contributed by atoms with van der Waals surface area (Å²) >= 11 is 0. The van der Waals surface area contributed by atoms with Gasteiger partial charge in [0.2, 0.25) is 10.0 Å². The van der Waals surface area contributed by atoms with Gasteiger partial charge in [0, 0.05) is 12.6 Å². The summed E-state index contributed by atoms with van der Waals surface area (Å²) in [6.07, 6.45) is 6.93. The minimum Gasteiger partial charge on any atom is -0.497 e. The highest BCUT2D eigenvalue weighted by molar-refractivity contribution is 7.88. The average Bonchev–Trinajstić information content (AvgIpc) is 2.76. The highest BCUT2D eigenvalue weighted by atomic mass is 32.2. The second-order valence-corrected chi connectivity index (χ2v) is 8.03. The topological polar surface area (TPSA) is 58.6 Å². The van der Waals surface area contributed by atoms with Gasteiger partial charge in [0.15, 0.2) is 0 Å². The lowest BCUT2D eigenvalue weighted by Gasteiger charge is -2.30. The smallest absolute Gasteiger partial charge is 0.208 e. The lowest BCUT2D eigenvalue weighted by molar-refractivity contribution is 0.199. The third kappa shape index (κ3) is 6.12. The monoisotopic (exact) mass is 340 g/mol. The van der Waals surface area contributed by atoms with E-state index in [2.05, 4.69) is 21.8 Å². The van der Waals surface area contributed by atoms with Crippen LogP contribution < -0.4 is 9.46 Å². The van der Waals surface area contributed by atoms with Crippen molar-refractivity contribution in [1.82, 2.24) is 9.62 Å². The maximum atomic E-state index is 11.1. The van der Waals surface area contributed by atoms with Gasteiger partial charge in [-0.25, -0.2) is 13.1 Å². The minimum atomic E-state index is -3.09. The fourth-order valence-corrected chi connectivity index (χ4v) is 3.69. The van der Waals surface area contributed by atoms with E-state index in [4.69, 9.17) is 4.74 Å². The van der Waals surface area contributed by atoms with E-state index in [1.165, 1.54) is 31.1 Å². The molecule has 2 rings (SSSR count). The van der Waals surface area contributed by atoms with Gasteiger partial charge >= 0.3 is 0 Å². The maximum absolute atomic E-state index is 11.1. The van der Waals surface area contributed by atoms with E-state index in [0.29, 0.717) is 12.6 Å². The minimum absolute atomic E-state index is 0.418. The molecular formula is C17H28N2O3S. The summed E-state index contributed by atoms with van der Waals surface area (Å²) in [6.45, 7) is 2.50. The fourth-order valence-electron chi connectivity index (χ4n) is 3.18. The number of ether oxygens (including phenoxy) is 1. The normalized spacial score (nSPS) is 20.2. The zero-order valence-electron chi connectivity index (χ0n) is 14.1. The van der Waals surface area contributed by atoms with E-state index in [1.807, 2.05) is 12.1 Å². The van der Waals surface area contributed by atoms with Gasteiger partial charge in [0.1, 0.15) is 5.75 Å². The Balaban J connectivity index is 1.98. The van der Waals surface area contributed by atoms with Gasteiger partial charge in [-0.3, -0.25) is 4.90 Å². The molecule has 1 atom stereocenters. The van der Waals surface area contributed by atoms with Crippen molar-refractivity contribution in [2.75, 3.05) is 33.0 Å². The zero-order valence-corrected chi connectivity index (χ0v) is 14.9. The first-order chi connectivity index (χ1) is 11.0. The summed E-state index contributed by atoms with van der Waals surface area (Å²) in [6, 6.07) is 8.75. The molecule has 1 N–H and O–H groups in total. The van der Waals surface area contributed by atoms with Crippen LogP contribution in [0.15, 0.2) is 24.3 Å². The molecule has 130 valence electrons. The van der Waals surface area contributed by atoms with Gasteiger partial charge < -0.3 is 4.74 Å². The predicted octanol–water partition coefficient (Wildman–Crippen LogP) is 2.55. The number of hydrogen-bond donors (Lipinski definition) is 1. The lowest BCUT2D eigenvalue weighted by atomic mass is 10.0. The summed E-state index contributed by atoms with van der Waals surface area (Å²) in [7, 11) is -1.41. The Hall–Kier alpha value is -1.11. The first-order valence-electron chi connectivity index (χ1n) is 8.32. The Bertz CT molecular complexity index is 572. The van der Waals surface area contributed by atoms with Crippen molar-refractivity contribution in [3.63, 3.8) is 0 Å². The van der Waals surface area contributed by atoms with Crippen LogP contribution in [-0.4, -0.2) is 46.3 Å². The summed E-state index contributed by atoms with van der Waals surface area (Å²) < 4.78 is 30.1. The zero-order chi connectivity index (χ0) is 16.7. The molecule has 1 aliphatic heterocycles. The largest absolute Gasteiger partial charge is 0.497 e. The Morgan fingerprint density at radius 1 is 1.22 bits per heavy atom. The highest BCUT2D eigenvalue weighted by Gasteiger charge is 2.22. The van der Waals surface area contributed by atoms with Gasteiger partial charge in [-0.15, -0.1) is 0 Å². The third-order valence-corrected chi connectivity index (χ3v) is 5.08. The summed E-state index contributed by atoms with van der Waals surface area (Å²) in [5.74, 6) is 0.881. The number of hydrogen-bond acceptors (Lipinski definition) is 4. The molecule has 5 nitrogen and oxygen atoms in total. The first-order valence-corrected chi connectivity index (χ1v) is 10.2. The summed E-state index contributed by atoms with van der Waals surface area (Å²) in [5.41, 5.74) is 1.32. The standard InChI is InChI=1S/C17H28N2O3S/c1-22-16-10-8-15(9-11-16)17-7-4-3-5-13-19(17)14-6-12-18-23(2,20)21/h8-11,17-18H,3-7,12-14H2,1-2H3/t17-/m0/s1. The van der Waals surface area contributed by atoms with Crippen LogP contribution >= 0.6 is 0 Å². The van der Waals surface area contributed by atoms with E-state index in [1.54, 1.807) is 7.11 Å². The van der Waals surface area contributed by atoms with Gasteiger partial charge in [-0.05, 0) is 50.0 Å². The van der Waals surface area contributed by atoms with E-state index < -0.39 is 10.0 Å². The SMILES string of the molecule is COc1ccc([C@@H]2CCCCCN2CCCNS(C)(=O)=O)cc1. The van der Waals surface area contributed by atoms with E-state index in [-0.39, 0.29) is 0 Å². The van der Waals surface area contributed by atoms with Crippen molar-refractivity contribution in [2.24, 2.45) is 0 Å². The van der Waals surface area contributed by atoms with Crippen molar-refractivity contribution < 1.29 is 13.2 Å². The number of rotatable bonds is 7. The molecule has 1 saturated heterocycles. The van der Waals surface area contributed by atoms with Crippen LogP contribution in [0.4, 0.5) is 0 Å². The van der Waals surface area contributed by atoms with Gasteiger partial charge in [-0.1, -0.05) is 25.0 Å². The molecule has 23 heavy (non-hydrogen) atoms. The molecule has 0 aliphatic carbocycles. The highest BCUT2D eigenvalue weighted by Crippen LogP contribution is 2.31. The van der Waals surface area contributed by atoms with Crippen LogP contribution in [0.3, 0.4) is 0 Å². The quantitative estimate of drug-likeness (QED) is 0.775. The molecule has 0 aromatic heterocycles. The molecule has 0 radical (unpaired) electrons. The molecule has 0 spiro atoms. The Labute approximate surface area is 140 Å². The molecule has 1 aromatic rings. The summed E-state index contributed by atoms with van der Waals surface area (Å²) in [5, 5.41) is 0. The molecule has 0 saturated carbocycles. The Kier molecular flexibility index (Phi) is 6.87. The number of nitrogens with one attached hydrogen (secondary N) is 1. The van der Waals surface area contributed by atoms with Crippen LogP contribution in [-0.2, 0) is 10.0 Å². The van der Waals surface area contributed by atoms with Gasteiger partial charge in [0.25, 0.3) is 0 Å². The van der Waals surface area contributed by atoms with E-state index in [9.17, 15) is 8.42 Å². The van der Waals surface area contributed by atoms with E-state index in [0.717, 1.165) is 31.7 Å². The summed E-state index contributed by atoms with van der Waals surface area (Å²) in [4.78, 5) is 2.50. The second kappa shape index (κ2) is 8.66. The molecule has 1 aliphatic rings. The maximum Gasteiger partial charge on any atom is 0.208 e. The van der Waals surface area contributed by atoms with Crippen molar-refractivity contribution in [2.45, 2.75) is 38.1 Å². The molecule has 1 fully saturated rings. The van der Waals surface area contributed by atoms with Crippen LogP contribution in [0, 0.1) is 0 Å². The van der Waals surface area contributed by atoms with E-state index >= 15 is 0 Å². The number of nitrogens with zero attached hydrogens (tertiary/aromatic N) is 1. The Morgan fingerprint density at radius 2 is 1.96 bits per heavy atom. The van der Waals surface area contributed by atoms with Gasteiger partial charge in [0.05, 0.1) is 13.4 Å². The predicted molar refractivity (Wildman–Crippen MR) is 93.2 cm³/mol. The number of benzene rings is 1. The third-order valence-electron chi connectivity index (χ3n) is 4.35. The van der Waals surface area contributed by atoms with Crippen LogP contribution in [0.1, 0.15) is 43.7 Å². The van der Waals surface area contributed by atoms with Gasteiger partial charge in [-0.2, -0.15) is 0 Å².